The summed E-state index contributed by atoms with van der Waals surface area (Å²) in [6.45, 7) is 5.09. The van der Waals surface area contributed by atoms with Gasteiger partial charge in [-0.2, -0.15) is 0 Å². The van der Waals surface area contributed by atoms with Gasteiger partial charge in [-0.1, -0.05) is 60.5 Å². The van der Waals surface area contributed by atoms with E-state index in [1.807, 2.05) is 12.2 Å². The van der Waals surface area contributed by atoms with E-state index in [-0.39, 0.29) is 43.2 Å². The first-order valence-corrected chi connectivity index (χ1v) is 15.2. The van der Waals surface area contributed by atoms with E-state index in [2.05, 4.69) is 15.8 Å². The number of nitrogens with one attached hydrogen (secondary N) is 2. The number of carbonyl (C=O) groups is 5. The Morgan fingerprint density at radius 1 is 1.11 bits per heavy atom. The molecule has 236 valence electrons. The topological polar surface area (TPSA) is 164 Å². The Kier molecular flexibility index (Phi) is 8.55. The molecule has 1 saturated carbocycles. The van der Waals surface area contributed by atoms with E-state index in [4.69, 9.17) is 9.57 Å². The molecule has 1 aliphatic carbocycles. The van der Waals surface area contributed by atoms with E-state index < -0.39 is 52.7 Å². The van der Waals surface area contributed by atoms with Gasteiger partial charge < -0.3 is 30.2 Å². The van der Waals surface area contributed by atoms with Crippen molar-refractivity contribution in [1.82, 2.24) is 15.5 Å². The van der Waals surface area contributed by atoms with Gasteiger partial charge >= 0.3 is 12.1 Å². The summed E-state index contributed by atoms with van der Waals surface area (Å²) in [6.07, 6.45) is 6.61. The van der Waals surface area contributed by atoms with Crippen LogP contribution in [0.2, 0.25) is 0 Å². The first-order valence-electron chi connectivity index (χ1n) is 15.2. The summed E-state index contributed by atoms with van der Waals surface area (Å²) in [5.74, 6) is -2.97. The maximum Gasteiger partial charge on any atom is 0.408 e. The van der Waals surface area contributed by atoms with Crippen LogP contribution in [0, 0.1) is 5.92 Å². The van der Waals surface area contributed by atoms with Crippen LogP contribution in [0.4, 0.5) is 4.79 Å². The van der Waals surface area contributed by atoms with Crippen molar-refractivity contribution in [2.45, 2.75) is 101 Å². The molecule has 3 heterocycles. The molecule has 4 aliphatic rings. The quantitative estimate of drug-likeness (QED) is 0.346. The van der Waals surface area contributed by atoms with Crippen LogP contribution < -0.4 is 10.6 Å². The van der Waals surface area contributed by atoms with Gasteiger partial charge in [0.05, 0.1) is 6.54 Å². The third-order valence-electron chi connectivity index (χ3n) is 8.59. The second-order valence-electron chi connectivity index (χ2n) is 13.2. The molecule has 1 saturated heterocycles. The fourth-order valence-corrected chi connectivity index (χ4v) is 6.23. The number of oxime groups is 1. The highest BCUT2D eigenvalue weighted by atomic mass is 16.7. The highest BCUT2D eigenvalue weighted by Crippen LogP contribution is 2.46. The lowest BCUT2D eigenvalue weighted by Gasteiger charge is -2.30. The molecule has 3 amide bonds. The van der Waals surface area contributed by atoms with Gasteiger partial charge in [-0.3, -0.25) is 14.4 Å². The van der Waals surface area contributed by atoms with Crippen molar-refractivity contribution in [2.24, 2.45) is 11.1 Å². The van der Waals surface area contributed by atoms with E-state index in [0.717, 1.165) is 19.3 Å². The predicted octanol–water partition coefficient (Wildman–Crippen LogP) is 3.36. The first kappa shape index (κ1) is 31.2. The second kappa shape index (κ2) is 12.0. The van der Waals surface area contributed by atoms with Gasteiger partial charge in [0.15, 0.2) is 5.60 Å². The van der Waals surface area contributed by atoms with Gasteiger partial charge in [0.2, 0.25) is 17.6 Å². The molecule has 3 N–H and O–H groups in total. The minimum absolute atomic E-state index is 0.00495. The van der Waals surface area contributed by atoms with Crippen LogP contribution in [-0.2, 0) is 24.0 Å². The molecule has 12 nitrogen and oxygen atoms in total. The number of rotatable bonds is 4. The summed E-state index contributed by atoms with van der Waals surface area (Å²) in [5.41, 5.74) is -2.81. The van der Waals surface area contributed by atoms with Crippen LogP contribution in [0.15, 0.2) is 47.6 Å². The maximum atomic E-state index is 14.2. The van der Waals surface area contributed by atoms with E-state index in [1.54, 1.807) is 51.1 Å². The predicted molar refractivity (Wildman–Crippen MR) is 159 cm³/mol. The number of ketones is 1. The number of nitrogens with zero attached hydrogens (tertiary/aromatic N) is 2. The normalized spacial score (nSPS) is 30.6. The summed E-state index contributed by atoms with van der Waals surface area (Å²) < 4.78 is 5.43. The molecule has 5 rings (SSSR count). The van der Waals surface area contributed by atoms with Gasteiger partial charge in [-0.15, -0.1) is 0 Å². The van der Waals surface area contributed by atoms with Crippen LogP contribution >= 0.6 is 0 Å². The zero-order chi connectivity index (χ0) is 31.7. The summed E-state index contributed by atoms with van der Waals surface area (Å²) in [4.78, 5) is 73.5. The third kappa shape index (κ3) is 6.63. The molecule has 0 unspecified atom stereocenters. The molecule has 1 spiro atoms. The van der Waals surface area contributed by atoms with Crippen molar-refractivity contribution in [3.8, 4) is 0 Å². The van der Waals surface area contributed by atoms with Crippen LogP contribution in [0.1, 0.15) is 82.5 Å². The molecule has 3 aliphatic heterocycles. The highest BCUT2D eigenvalue weighted by Gasteiger charge is 2.62. The van der Waals surface area contributed by atoms with E-state index in [1.165, 1.54) is 4.90 Å². The van der Waals surface area contributed by atoms with Gasteiger partial charge in [0.1, 0.15) is 28.9 Å². The number of alkyl carbamates (subject to hydrolysis) is 1. The fourth-order valence-electron chi connectivity index (χ4n) is 6.23. The van der Waals surface area contributed by atoms with Crippen molar-refractivity contribution < 1.29 is 38.7 Å². The SMILES string of the molecule is CC(C)(C)OC(=O)N[C@H]1CCCCCC=C[C@@H]2C[C@@]2(C(=O)O)NC(=O)[C@@H]2C[C@]3(CC(C(=O)c4ccccc4)=NO3)CN2C1=O. The van der Waals surface area contributed by atoms with Crippen LogP contribution in [0.3, 0.4) is 0 Å². The highest BCUT2D eigenvalue weighted by molar-refractivity contribution is 6.46. The number of amides is 3. The standard InChI is InChI=1S/C32H40N4O8/c1-30(2,3)43-29(42)33-22-15-11-6-4-5-10-14-21-16-32(21,28(40)41)34-26(38)24-18-31(19-36(24)27(22)39)17-23(35-44-31)25(37)20-12-8-7-9-13-20/h7-10,12-14,21-22,24H,4-6,11,15-19H2,1-3H3,(H,33,42)(H,34,38)(H,40,41)/t21-,22+,24+,31-,32-/m1/s1. The van der Waals surface area contributed by atoms with Crippen molar-refractivity contribution in [3.05, 3.63) is 48.0 Å². The second-order valence-corrected chi connectivity index (χ2v) is 13.2. The number of fused-ring (bicyclic) bond motifs is 2. The van der Waals surface area contributed by atoms with Gasteiger partial charge in [-0.25, -0.2) is 9.59 Å². The van der Waals surface area contributed by atoms with Crippen molar-refractivity contribution in [3.63, 3.8) is 0 Å². The Balaban J connectivity index is 1.43. The summed E-state index contributed by atoms with van der Waals surface area (Å²) in [7, 11) is 0. The number of allylic oxidation sites excluding steroid dienone is 1. The fraction of sp³-hybridized carbons (Fsp3) is 0.562. The number of hydrogen-bond acceptors (Lipinski definition) is 8. The smallest absolute Gasteiger partial charge is 0.408 e. The number of hydrogen-bond donors (Lipinski definition) is 3. The number of carboxylic acid groups (broad SMARTS) is 1. The molecule has 1 aromatic rings. The number of carbonyl (C=O) groups excluding carboxylic acids is 4. The Hall–Kier alpha value is -4.22. The van der Waals surface area contributed by atoms with Gasteiger partial charge in [0.25, 0.3) is 0 Å². The molecular formula is C32H40N4O8. The van der Waals surface area contributed by atoms with Crippen LogP contribution in [0.5, 0.6) is 0 Å². The lowest BCUT2D eigenvalue weighted by Crippen LogP contribution is -2.56. The van der Waals surface area contributed by atoms with E-state index in [0.29, 0.717) is 18.4 Å². The molecule has 2 fully saturated rings. The number of ether oxygens (including phenoxy) is 1. The van der Waals surface area contributed by atoms with Crippen molar-refractivity contribution in [1.29, 1.82) is 0 Å². The molecule has 44 heavy (non-hydrogen) atoms. The number of carboxylic acids is 1. The summed E-state index contributed by atoms with van der Waals surface area (Å²) >= 11 is 0. The monoisotopic (exact) mass is 608 g/mol. The average molecular weight is 609 g/mol. The van der Waals surface area contributed by atoms with Crippen LogP contribution in [-0.4, -0.2) is 80.7 Å². The Morgan fingerprint density at radius 2 is 1.86 bits per heavy atom. The molecule has 0 radical (unpaired) electrons. The van der Waals surface area contributed by atoms with Crippen molar-refractivity contribution >= 4 is 35.4 Å². The van der Waals surface area contributed by atoms with Gasteiger partial charge in [0, 0.05) is 24.3 Å². The van der Waals surface area contributed by atoms with Gasteiger partial charge in [-0.05, 0) is 46.5 Å². The average Bonchev–Trinajstić information content (AvgIpc) is 3.31. The zero-order valence-electron chi connectivity index (χ0n) is 25.3. The Morgan fingerprint density at radius 3 is 2.57 bits per heavy atom. The number of aliphatic carboxylic acids is 1. The summed E-state index contributed by atoms with van der Waals surface area (Å²) in [5, 5.41) is 19.6. The molecule has 5 atom stereocenters. The Bertz CT molecular complexity index is 1390. The molecule has 12 heteroatoms. The first-order chi connectivity index (χ1) is 20.8. The maximum absolute atomic E-state index is 14.2. The summed E-state index contributed by atoms with van der Waals surface area (Å²) in [6, 6.07) is 6.51. The van der Waals surface area contributed by atoms with Crippen molar-refractivity contribution in [2.75, 3.05) is 6.54 Å². The zero-order valence-corrected chi connectivity index (χ0v) is 25.3. The molecular weight excluding hydrogens is 568 g/mol. The lowest BCUT2D eigenvalue weighted by molar-refractivity contribution is -0.145. The minimum Gasteiger partial charge on any atom is -0.479 e. The molecule has 1 aromatic carbocycles. The minimum atomic E-state index is -1.46. The van der Waals surface area contributed by atoms with E-state index >= 15 is 0 Å². The largest absolute Gasteiger partial charge is 0.479 e. The Labute approximate surface area is 256 Å². The molecule has 0 aromatic heterocycles. The van der Waals surface area contributed by atoms with E-state index in [9.17, 15) is 29.1 Å². The number of benzene rings is 1. The lowest BCUT2D eigenvalue weighted by atomic mass is 9.91. The number of Topliss-reactive ketones (excluding diaryl/α,β-unsaturated/α-hetero) is 1. The third-order valence-corrected chi connectivity index (χ3v) is 8.59. The van der Waals surface area contributed by atoms with Crippen LogP contribution in [0.25, 0.3) is 0 Å². The molecule has 0 bridgehead atoms.